The highest BCUT2D eigenvalue weighted by molar-refractivity contribution is 4.99. The van der Waals surface area contributed by atoms with Crippen LogP contribution >= 0.6 is 0 Å². The Morgan fingerprint density at radius 3 is 1.41 bits per heavy atom. The lowest BCUT2D eigenvalue weighted by atomic mass is 10.1. The topological polar surface area (TPSA) is 12.0 Å². The van der Waals surface area contributed by atoms with E-state index in [0.717, 1.165) is 0 Å². The number of halogens is 10. The average Bonchev–Trinajstić information content (AvgIpc) is 2.12. The summed E-state index contributed by atoms with van der Waals surface area (Å²) in [5.74, 6) is -13.7. The zero-order chi connectivity index (χ0) is 14.1. The van der Waals surface area contributed by atoms with E-state index in [0.29, 0.717) is 0 Å². The van der Waals surface area contributed by atoms with E-state index >= 15 is 0 Å². The van der Waals surface area contributed by atoms with Gasteiger partial charge >= 0.3 is 24.1 Å². The molecule has 104 valence electrons. The molecule has 0 saturated heterocycles. The molecular weight excluding hydrogens is 276 g/mol. The molecule has 0 aromatic rings. The van der Waals surface area contributed by atoms with Crippen LogP contribution in [0.3, 0.4) is 0 Å². The summed E-state index contributed by atoms with van der Waals surface area (Å²) in [6, 6.07) is -5.90. The quantitative estimate of drug-likeness (QED) is 0.603. The van der Waals surface area contributed by atoms with Gasteiger partial charge < -0.3 is 0 Å². The van der Waals surface area contributed by atoms with Gasteiger partial charge in [-0.1, -0.05) is 0 Å². The van der Waals surface area contributed by atoms with Crippen molar-refractivity contribution in [2.75, 3.05) is 13.2 Å². The smallest absolute Gasteiger partial charge is 0.250 e. The summed E-state index contributed by atoms with van der Waals surface area (Å²) >= 11 is 0. The third kappa shape index (κ3) is 2.75. The molecule has 0 unspecified atom stereocenters. The average molecular weight is 281 g/mol. The van der Waals surface area contributed by atoms with Gasteiger partial charge in [0.15, 0.2) is 0 Å². The molecule has 1 N–H and O–H groups in total. The van der Waals surface area contributed by atoms with Crippen molar-refractivity contribution in [2.45, 2.75) is 24.1 Å². The Morgan fingerprint density at radius 1 is 0.706 bits per heavy atom. The van der Waals surface area contributed by atoms with Crippen LogP contribution < -0.4 is 5.32 Å². The molecule has 0 amide bonds. The number of nitrogens with one attached hydrogen (secondary N) is 1. The standard InChI is InChI=1S/C6H5F10N/c7-1-2-17-6(15,16)4(10,11)3(8,9)5(12,13)14/h17H,1-2H2. The molecule has 0 aliphatic carbocycles. The first-order valence-corrected chi connectivity index (χ1v) is 3.82. The second kappa shape index (κ2) is 4.50. The van der Waals surface area contributed by atoms with Crippen LogP contribution in [0.15, 0.2) is 0 Å². The van der Waals surface area contributed by atoms with E-state index in [-0.39, 0.29) is 5.32 Å². The third-order valence-corrected chi connectivity index (χ3v) is 1.59. The summed E-state index contributed by atoms with van der Waals surface area (Å²) in [5, 5.41) is 0.289. The van der Waals surface area contributed by atoms with Crippen LogP contribution in [0.4, 0.5) is 43.9 Å². The van der Waals surface area contributed by atoms with E-state index < -0.39 is 37.3 Å². The summed E-state index contributed by atoms with van der Waals surface area (Å²) < 4.78 is 120. The van der Waals surface area contributed by atoms with Crippen LogP contribution in [0, 0.1) is 0 Å². The second-order valence-electron chi connectivity index (χ2n) is 2.84. The van der Waals surface area contributed by atoms with Gasteiger partial charge in [0.2, 0.25) is 0 Å². The van der Waals surface area contributed by atoms with Crippen molar-refractivity contribution in [3.8, 4) is 0 Å². The summed E-state index contributed by atoms with van der Waals surface area (Å²) in [6.45, 7) is -3.15. The predicted octanol–water partition coefficient (Wildman–Crippen LogP) is 2.97. The molecule has 0 aromatic heterocycles. The molecule has 0 spiro atoms. The van der Waals surface area contributed by atoms with Gasteiger partial charge in [-0.2, -0.15) is 39.5 Å². The minimum absolute atomic E-state index is 0.289. The van der Waals surface area contributed by atoms with Crippen LogP contribution in [0.1, 0.15) is 0 Å². The van der Waals surface area contributed by atoms with Crippen LogP contribution in [-0.4, -0.2) is 37.3 Å². The molecule has 17 heavy (non-hydrogen) atoms. The molecule has 1 nitrogen and oxygen atoms in total. The molecular formula is C6H5F10N. The molecule has 0 atom stereocenters. The molecule has 0 saturated carbocycles. The largest absolute Gasteiger partial charge is 0.460 e. The Labute approximate surface area is 87.8 Å². The molecule has 0 aliphatic heterocycles. The van der Waals surface area contributed by atoms with Crippen LogP contribution in [0.2, 0.25) is 0 Å². The Kier molecular flexibility index (Phi) is 4.30. The summed E-state index contributed by atoms with van der Waals surface area (Å²) in [4.78, 5) is 0. The Bertz CT molecular complexity index is 256. The first-order valence-electron chi connectivity index (χ1n) is 3.82. The number of rotatable bonds is 5. The molecule has 0 bridgehead atoms. The fourth-order valence-corrected chi connectivity index (χ4v) is 0.690. The van der Waals surface area contributed by atoms with Crippen molar-refractivity contribution in [1.82, 2.24) is 5.32 Å². The van der Waals surface area contributed by atoms with Gasteiger partial charge in [-0.15, -0.1) is 0 Å². The number of hydrogen-bond acceptors (Lipinski definition) is 1. The molecule has 0 heterocycles. The first kappa shape index (κ1) is 16.3. The molecule has 0 rings (SSSR count). The minimum atomic E-state index is -6.95. The highest BCUT2D eigenvalue weighted by Gasteiger charge is 2.81. The maximum absolute atomic E-state index is 12.4. The van der Waals surface area contributed by atoms with Gasteiger partial charge in [-0.05, 0) is 0 Å². The van der Waals surface area contributed by atoms with Crippen molar-refractivity contribution < 1.29 is 43.9 Å². The van der Waals surface area contributed by atoms with Crippen molar-refractivity contribution in [3.05, 3.63) is 0 Å². The monoisotopic (exact) mass is 281 g/mol. The fraction of sp³-hybridized carbons (Fsp3) is 1.00. The fourth-order valence-electron chi connectivity index (χ4n) is 0.690. The number of hydrogen-bond donors (Lipinski definition) is 1. The van der Waals surface area contributed by atoms with E-state index in [4.69, 9.17) is 0 Å². The Balaban J connectivity index is 5.24. The first-order chi connectivity index (χ1) is 7.31. The van der Waals surface area contributed by atoms with Crippen LogP contribution in [-0.2, 0) is 0 Å². The van der Waals surface area contributed by atoms with Gasteiger partial charge in [-0.25, -0.2) is 4.39 Å². The van der Waals surface area contributed by atoms with E-state index in [1.807, 2.05) is 0 Å². The lowest BCUT2D eigenvalue weighted by molar-refractivity contribution is -0.400. The van der Waals surface area contributed by atoms with Crippen molar-refractivity contribution in [1.29, 1.82) is 0 Å². The number of alkyl halides is 10. The van der Waals surface area contributed by atoms with E-state index in [9.17, 15) is 43.9 Å². The summed E-state index contributed by atoms with van der Waals surface area (Å²) in [5.41, 5.74) is 0. The van der Waals surface area contributed by atoms with Crippen molar-refractivity contribution >= 4 is 0 Å². The zero-order valence-electron chi connectivity index (χ0n) is 7.69. The highest BCUT2D eigenvalue weighted by atomic mass is 19.4. The van der Waals surface area contributed by atoms with Crippen molar-refractivity contribution in [2.24, 2.45) is 0 Å². The van der Waals surface area contributed by atoms with Crippen molar-refractivity contribution in [3.63, 3.8) is 0 Å². The van der Waals surface area contributed by atoms with E-state index in [1.165, 1.54) is 0 Å². The highest BCUT2D eigenvalue weighted by Crippen LogP contribution is 2.52. The zero-order valence-corrected chi connectivity index (χ0v) is 7.69. The maximum Gasteiger partial charge on any atom is 0.460 e. The lowest BCUT2D eigenvalue weighted by Crippen LogP contribution is -2.65. The lowest BCUT2D eigenvalue weighted by Gasteiger charge is -2.33. The van der Waals surface area contributed by atoms with Crippen LogP contribution in [0.5, 0.6) is 0 Å². The Hall–Kier alpha value is -0.740. The Morgan fingerprint density at radius 2 is 1.12 bits per heavy atom. The SMILES string of the molecule is FCCNC(F)(F)C(F)(F)C(F)(F)C(F)(F)F. The molecule has 0 radical (unpaired) electrons. The third-order valence-electron chi connectivity index (χ3n) is 1.59. The molecule has 11 heteroatoms. The van der Waals surface area contributed by atoms with E-state index in [1.54, 1.807) is 0 Å². The predicted molar refractivity (Wildman–Crippen MR) is 34.9 cm³/mol. The van der Waals surface area contributed by atoms with Gasteiger partial charge in [0, 0.05) is 6.54 Å². The maximum atomic E-state index is 12.4. The van der Waals surface area contributed by atoms with Gasteiger partial charge in [0.05, 0.1) is 0 Å². The molecule has 0 fully saturated rings. The summed E-state index contributed by atoms with van der Waals surface area (Å²) in [6.07, 6.45) is -6.86. The van der Waals surface area contributed by atoms with E-state index in [2.05, 4.69) is 0 Å². The van der Waals surface area contributed by atoms with Gasteiger partial charge in [0.1, 0.15) is 6.67 Å². The van der Waals surface area contributed by atoms with Gasteiger partial charge in [-0.3, -0.25) is 5.32 Å². The van der Waals surface area contributed by atoms with Gasteiger partial charge in [0.25, 0.3) is 0 Å². The second-order valence-corrected chi connectivity index (χ2v) is 2.84. The normalized spacial score (nSPS) is 15.2. The summed E-state index contributed by atoms with van der Waals surface area (Å²) in [7, 11) is 0. The van der Waals surface area contributed by atoms with Crippen LogP contribution in [0.25, 0.3) is 0 Å². The molecule has 0 aromatic carbocycles. The molecule has 0 aliphatic rings. The minimum Gasteiger partial charge on any atom is -0.250 e.